The van der Waals surface area contributed by atoms with Crippen LogP contribution in [0.3, 0.4) is 0 Å². The van der Waals surface area contributed by atoms with E-state index in [0.29, 0.717) is 0 Å². The van der Waals surface area contributed by atoms with Gasteiger partial charge >= 0.3 is 0 Å². The monoisotopic (exact) mass is 127 g/mol. The van der Waals surface area contributed by atoms with E-state index >= 15 is 0 Å². The first kappa shape index (κ1) is 11.0. The molecule has 0 radical (unpaired) electrons. The van der Waals surface area contributed by atoms with Crippen molar-refractivity contribution in [3.8, 4) is 6.07 Å². The molecule has 0 aromatic rings. The number of rotatable bonds is 0. The third-order valence-corrected chi connectivity index (χ3v) is 0.354. The second kappa shape index (κ2) is 5.30. The summed E-state index contributed by atoms with van der Waals surface area (Å²) in [4.78, 5) is 9.83. The van der Waals surface area contributed by atoms with Gasteiger partial charge in [-0.05, 0) is 0 Å². The Balaban J connectivity index is 0. The molecular weight excluding hydrogens is 114 g/mol. The Morgan fingerprint density at radius 2 is 1.56 bits per heavy atom. The van der Waals surface area contributed by atoms with Crippen molar-refractivity contribution in [2.24, 2.45) is 5.41 Å². The summed E-state index contributed by atoms with van der Waals surface area (Å²) in [6.45, 7) is 7.06. The minimum atomic E-state index is -0.139. The quantitative estimate of drug-likeness (QED) is 0.465. The smallest absolute Gasteiger partial charge is 0.125 e. The normalized spacial score (nSPS) is 8.33. The molecule has 0 aromatic heterocycles. The maximum Gasteiger partial charge on any atom is 0.125 e. The van der Waals surface area contributed by atoms with Crippen LogP contribution in [0.5, 0.6) is 0 Å². The van der Waals surface area contributed by atoms with Crippen LogP contribution in [0.4, 0.5) is 0 Å². The van der Waals surface area contributed by atoms with Gasteiger partial charge in [0.05, 0.1) is 6.07 Å². The van der Waals surface area contributed by atoms with Crippen LogP contribution in [0.15, 0.2) is 0 Å². The van der Waals surface area contributed by atoms with Crippen LogP contribution in [0.25, 0.3) is 0 Å². The molecule has 2 heteroatoms. The maximum absolute atomic E-state index is 9.83. The molecular formula is C7H13NO. The number of nitriles is 1. The largest absolute Gasteiger partial charge is 0.303 e. The van der Waals surface area contributed by atoms with Crippen LogP contribution in [-0.2, 0) is 4.79 Å². The number of carbonyl (C=O) groups is 1. The first-order valence-corrected chi connectivity index (χ1v) is 2.75. The van der Waals surface area contributed by atoms with Crippen LogP contribution in [0, 0.1) is 16.7 Å². The van der Waals surface area contributed by atoms with E-state index < -0.39 is 0 Å². The van der Waals surface area contributed by atoms with Gasteiger partial charge in [0, 0.05) is 12.3 Å². The summed E-state index contributed by atoms with van der Waals surface area (Å²) in [6.07, 6.45) is 0.938. The SMILES string of the molecule is CC#N.CC(C)(C)C=O. The van der Waals surface area contributed by atoms with Crippen LogP contribution in [0.1, 0.15) is 27.7 Å². The highest BCUT2D eigenvalue weighted by Gasteiger charge is 2.04. The van der Waals surface area contributed by atoms with Gasteiger partial charge in [-0.15, -0.1) is 0 Å². The van der Waals surface area contributed by atoms with Gasteiger partial charge in [0.15, 0.2) is 0 Å². The van der Waals surface area contributed by atoms with E-state index in [9.17, 15) is 4.79 Å². The predicted octanol–water partition coefficient (Wildman–Crippen LogP) is 1.76. The molecule has 0 aliphatic rings. The van der Waals surface area contributed by atoms with Crippen molar-refractivity contribution in [3.63, 3.8) is 0 Å². The van der Waals surface area contributed by atoms with Crippen LogP contribution in [0.2, 0.25) is 0 Å². The van der Waals surface area contributed by atoms with Crippen LogP contribution < -0.4 is 0 Å². The van der Waals surface area contributed by atoms with Crippen molar-refractivity contribution in [3.05, 3.63) is 0 Å². The summed E-state index contributed by atoms with van der Waals surface area (Å²) in [5.41, 5.74) is -0.139. The number of nitrogens with zero attached hydrogens (tertiary/aromatic N) is 1. The fourth-order valence-electron chi connectivity index (χ4n) is 0. The highest BCUT2D eigenvalue weighted by atomic mass is 16.1. The highest BCUT2D eigenvalue weighted by molar-refractivity contribution is 5.56. The van der Waals surface area contributed by atoms with Gasteiger partial charge in [0.25, 0.3) is 0 Å². The predicted molar refractivity (Wildman–Crippen MR) is 36.8 cm³/mol. The molecule has 0 spiro atoms. The number of carbonyl (C=O) groups excluding carboxylic acids is 1. The lowest BCUT2D eigenvalue weighted by atomic mass is 10.0. The molecule has 0 unspecified atom stereocenters. The zero-order chi connectivity index (χ0) is 7.91. The average Bonchev–Trinajstić information content (AvgIpc) is 1.67. The molecule has 0 amide bonds. The summed E-state index contributed by atoms with van der Waals surface area (Å²) in [7, 11) is 0. The van der Waals surface area contributed by atoms with Gasteiger partial charge in [-0.3, -0.25) is 0 Å². The van der Waals surface area contributed by atoms with E-state index in [-0.39, 0.29) is 5.41 Å². The molecule has 0 rings (SSSR count). The maximum atomic E-state index is 9.83. The molecule has 2 nitrogen and oxygen atoms in total. The molecule has 0 aliphatic carbocycles. The van der Waals surface area contributed by atoms with E-state index in [0.717, 1.165) is 6.29 Å². The Kier molecular flexibility index (Phi) is 6.49. The fourth-order valence-corrected chi connectivity index (χ4v) is 0. The molecule has 9 heavy (non-hydrogen) atoms. The molecule has 0 saturated heterocycles. The van der Waals surface area contributed by atoms with Crippen LogP contribution >= 0.6 is 0 Å². The lowest BCUT2D eigenvalue weighted by molar-refractivity contribution is -0.113. The lowest BCUT2D eigenvalue weighted by Gasteiger charge is -2.03. The summed E-state index contributed by atoms with van der Waals surface area (Å²) in [5, 5.41) is 7.32. The van der Waals surface area contributed by atoms with Gasteiger partial charge in [-0.25, -0.2) is 0 Å². The second-order valence-corrected chi connectivity index (χ2v) is 2.71. The standard InChI is InChI=1S/C5H10O.C2H3N/c1-5(2,3)4-6;1-2-3/h4H,1-3H3;1H3. The first-order chi connectivity index (χ1) is 3.97. The third-order valence-electron chi connectivity index (χ3n) is 0.354. The highest BCUT2D eigenvalue weighted by Crippen LogP contribution is 2.05. The molecule has 0 heterocycles. The van der Waals surface area contributed by atoms with E-state index in [1.54, 1.807) is 6.07 Å². The minimum Gasteiger partial charge on any atom is -0.303 e. The summed E-state index contributed by atoms with van der Waals surface area (Å²) < 4.78 is 0. The molecule has 0 fully saturated rings. The Bertz CT molecular complexity index is 105. The van der Waals surface area contributed by atoms with Gasteiger partial charge in [-0.2, -0.15) is 5.26 Å². The van der Waals surface area contributed by atoms with Crippen LogP contribution in [-0.4, -0.2) is 6.29 Å². The van der Waals surface area contributed by atoms with E-state index in [4.69, 9.17) is 5.26 Å². The fraction of sp³-hybridized carbons (Fsp3) is 0.714. The van der Waals surface area contributed by atoms with Crippen molar-refractivity contribution in [2.75, 3.05) is 0 Å². The van der Waals surface area contributed by atoms with Crippen molar-refractivity contribution in [1.29, 1.82) is 5.26 Å². The molecule has 0 bridgehead atoms. The summed E-state index contributed by atoms with van der Waals surface area (Å²) >= 11 is 0. The third kappa shape index (κ3) is 40.9. The van der Waals surface area contributed by atoms with E-state index in [1.165, 1.54) is 6.92 Å². The topological polar surface area (TPSA) is 40.9 Å². The van der Waals surface area contributed by atoms with E-state index in [2.05, 4.69) is 0 Å². The van der Waals surface area contributed by atoms with Gasteiger partial charge in [0.1, 0.15) is 6.29 Å². The molecule has 0 aromatic carbocycles. The second-order valence-electron chi connectivity index (χ2n) is 2.71. The first-order valence-electron chi connectivity index (χ1n) is 2.75. The Morgan fingerprint density at radius 3 is 1.56 bits per heavy atom. The zero-order valence-corrected chi connectivity index (χ0v) is 6.43. The van der Waals surface area contributed by atoms with Gasteiger partial charge in [-0.1, -0.05) is 20.8 Å². The van der Waals surface area contributed by atoms with Gasteiger partial charge in [0.2, 0.25) is 0 Å². The molecule has 0 atom stereocenters. The minimum absolute atomic E-state index is 0.139. The summed E-state index contributed by atoms with van der Waals surface area (Å²) in [6, 6.07) is 1.75. The van der Waals surface area contributed by atoms with Crippen molar-refractivity contribution in [1.82, 2.24) is 0 Å². The zero-order valence-electron chi connectivity index (χ0n) is 6.43. The summed E-state index contributed by atoms with van der Waals surface area (Å²) in [5.74, 6) is 0. The molecule has 0 saturated carbocycles. The number of hydrogen-bond donors (Lipinski definition) is 0. The number of hydrogen-bond acceptors (Lipinski definition) is 2. The molecule has 52 valence electrons. The Morgan fingerprint density at radius 1 is 1.44 bits per heavy atom. The van der Waals surface area contributed by atoms with Crippen molar-refractivity contribution < 1.29 is 4.79 Å². The molecule has 0 aliphatic heterocycles. The van der Waals surface area contributed by atoms with E-state index in [1.807, 2.05) is 20.8 Å². The Labute approximate surface area is 56.5 Å². The molecule has 0 N–H and O–H groups in total. The van der Waals surface area contributed by atoms with Gasteiger partial charge < -0.3 is 4.79 Å². The average molecular weight is 127 g/mol. The Hall–Kier alpha value is -0.840. The van der Waals surface area contributed by atoms with Crippen molar-refractivity contribution >= 4 is 6.29 Å². The number of aldehydes is 1. The lowest BCUT2D eigenvalue weighted by Crippen LogP contribution is -2.04. The van der Waals surface area contributed by atoms with Crippen molar-refractivity contribution in [2.45, 2.75) is 27.7 Å².